The SMILES string of the molecule is COc1cc2cc3c(c(O)c2c(O)c1C)C(=O)[C@@H](O)[C@@](C)(O)C3. The molecule has 23 heavy (non-hydrogen) atoms. The summed E-state index contributed by atoms with van der Waals surface area (Å²) in [7, 11) is 1.47. The van der Waals surface area contributed by atoms with Crippen LogP contribution in [0.25, 0.3) is 10.8 Å². The monoisotopic (exact) mass is 318 g/mol. The average Bonchev–Trinajstić information content (AvgIpc) is 2.47. The molecule has 0 heterocycles. The maximum Gasteiger partial charge on any atom is 0.198 e. The lowest BCUT2D eigenvalue weighted by molar-refractivity contribution is -0.0489. The number of rotatable bonds is 1. The number of aromatic hydroxyl groups is 2. The van der Waals surface area contributed by atoms with Gasteiger partial charge in [0.05, 0.1) is 23.7 Å². The van der Waals surface area contributed by atoms with Gasteiger partial charge >= 0.3 is 0 Å². The Morgan fingerprint density at radius 1 is 1.26 bits per heavy atom. The molecule has 0 saturated carbocycles. The molecule has 0 saturated heterocycles. The summed E-state index contributed by atoms with van der Waals surface area (Å²) in [5, 5.41) is 41.6. The van der Waals surface area contributed by atoms with Crippen LogP contribution < -0.4 is 4.74 Å². The number of fused-ring (bicyclic) bond motifs is 2. The van der Waals surface area contributed by atoms with Crippen molar-refractivity contribution in [3.8, 4) is 17.2 Å². The highest BCUT2D eigenvalue weighted by Gasteiger charge is 2.44. The summed E-state index contributed by atoms with van der Waals surface area (Å²) in [4.78, 5) is 12.3. The number of hydrogen-bond donors (Lipinski definition) is 4. The van der Waals surface area contributed by atoms with E-state index in [-0.39, 0.29) is 28.9 Å². The molecule has 0 unspecified atom stereocenters. The molecule has 2 aromatic rings. The minimum Gasteiger partial charge on any atom is -0.507 e. The zero-order valence-electron chi connectivity index (χ0n) is 13.0. The molecule has 6 nitrogen and oxygen atoms in total. The lowest BCUT2D eigenvalue weighted by Crippen LogP contribution is -2.50. The van der Waals surface area contributed by atoms with Crippen molar-refractivity contribution in [2.75, 3.05) is 7.11 Å². The van der Waals surface area contributed by atoms with Gasteiger partial charge in [-0.3, -0.25) is 4.79 Å². The highest BCUT2D eigenvalue weighted by atomic mass is 16.5. The molecule has 6 heteroatoms. The van der Waals surface area contributed by atoms with E-state index in [1.807, 2.05) is 0 Å². The molecule has 0 radical (unpaired) electrons. The van der Waals surface area contributed by atoms with Gasteiger partial charge in [0, 0.05) is 12.0 Å². The van der Waals surface area contributed by atoms with Crippen molar-refractivity contribution < 1.29 is 30.0 Å². The summed E-state index contributed by atoms with van der Waals surface area (Å²) in [6, 6.07) is 3.26. The van der Waals surface area contributed by atoms with Crippen LogP contribution >= 0.6 is 0 Å². The molecule has 3 rings (SSSR count). The highest BCUT2D eigenvalue weighted by Crippen LogP contribution is 2.45. The normalized spacial score (nSPS) is 23.9. The number of phenols is 2. The van der Waals surface area contributed by atoms with Crippen LogP contribution in [-0.4, -0.2) is 45.0 Å². The fourth-order valence-electron chi connectivity index (χ4n) is 3.19. The summed E-state index contributed by atoms with van der Waals surface area (Å²) >= 11 is 0. The van der Waals surface area contributed by atoms with E-state index in [1.165, 1.54) is 14.0 Å². The summed E-state index contributed by atoms with van der Waals surface area (Å²) in [6.45, 7) is 3.00. The Hall–Kier alpha value is -2.31. The molecule has 0 bridgehead atoms. The molecule has 2 atom stereocenters. The second-order valence-corrected chi connectivity index (χ2v) is 6.21. The molecular formula is C17H18O6. The van der Waals surface area contributed by atoms with Gasteiger partial charge in [0.15, 0.2) is 5.78 Å². The van der Waals surface area contributed by atoms with E-state index in [0.29, 0.717) is 22.3 Å². The van der Waals surface area contributed by atoms with Gasteiger partial charge in [-0.25, -0.2) is 0 Å². The predicted molar refractivity (Wildman–Crippen MR) is 83.2 cm³/mol. The van der Waals surface area contributed by atoms with Gasteiger partial charge in [-0.05, 0) is 36.9 Å². The maximum absolute atomic E-state index is 12.3. The van der Waals surface area contributed by atoms with Crippen molar-refractivity contribution in [1.29, 1.82) is 0 Å². The standard InChI is InChI=1S/C17H18O6/c1-7-10(23-3)5-8-4-9-6-17(2,22)16(21)15(20)12(9)14(19)11(8)13(7)18/h4-5,16,18-19,21-22H,6H2,1-3H3/t16-,17+/m1/s1. The molecular weight excluding hydrogens is 300 g/mol. The molecule has 0 aliphatic heterocycles. The Morgan fingerprint density at radius 2 is 1.91 bits per heavy atom. The number of Topliss-reactive ketones (excluding diaryl/α,β-unsaturated/α-hetero) is 1. The molecule has 2 aromatic carbocycles. The largest absolute Gasteiger partial charge is 0.507 e. The molecule has 1 aliphatic rings. The van der Waals surface area contributed by atoms with Gasteiger partial charge < -0.3 is 25.2 Å². The second-order valence-electron chi connectivity index (χ2n) is 6.21. The van der Waals surface area contributed by atoms with Crippen LogP contribution in [0.3, 0.4) is 0 Å². The van der Waals surface area contributed by atoms with E-state index >= 15 is 0 Å². The van der Waals surface area contributed by atoms with Gasteiger partial charge in [-0.15, -0.1) is 0 Å². The Morgan fingerprint density at radius 3 is 2.52 bits per heavy atom. The van der Waals surface area contributed by atoms with Crippen LogP contribution in [-0.2, 0) is 6.42 Å². The smallest absolute Gasteiger partial charge is 0.198 e. The number of carbonyl (C=O) groups excluding carboxylic acids is 1. The van der Waals surface area contributed by atoms with Crippen LogP contribution in [0.4, 0.5) is 0 Å². The number of benzene rings is 2. The average molecular weight is 318 g/mol. The summed E-state index contributed by atoms with van der Waals surface area (Å²) in [6.07, 6.45) is -1.62. The molecule has 4 N–H and O–H groups in total. The van der Waals surface area contributed by atoms with Crippen molar-refractivity contribution in [3.05, 3.63) is 28.8 Å². The number of ether oxygens (including phenoxy) is 1. The van der Waals surface area contributed by atoms with E-state index in [2.05, 4.69) is 0 Å². The number of ketones is 1. The number of aliphatic hydroxyl groups excluding tert-OH is 1. The molecule has 0 amide bonds. The molecule has 0 aromatic heterocycles. The number of aliphatic hydroxyl groups is 2. The Bertz CT molecular complexity index is 837. The first-order valence-electron chi connectivity index (χ1n) is 7.18. The van der Waals surface area contributed by atoms with Crippen molar-refractivity contribution in [3.63, 3.8) is 0 Å². The fraction of sp³-hybridized carbons (Fsp3) is 0.353. The third-order valence-electron chi connectivity index (χ3n) is 4.51. The van der Waals surface area contributed by atoms with Crippen molar-refractivity contribution >= 4 is 16.6 Å². The topological polar surface area (TPSA) is 107 Å². The van der Waals surface area contributed by atoms with Crippen LogP contribution in [0, 0.1) is 6.92 Å². The molecule has 0 fully saturated rings. The Labute approximate surface area is 132 Å². The van der Waals surface area contributed by atoms with E-state index in [1.54, 1.807) is 19.1 Å². The first-order valence-corrected chi connectivity index (χ1v) is 7.18. The van der Waals surface area contributed by atoms with E-state index in [4.69, 9.17) is 4.74 Å². The molecule has 0 spiro atoms. The second kappa shape index (κ2) is 4.84. The van der Waals surface area contributed by atoms with Crippen LogP contribution in [0.2, 0.25) is 0 Å². The van der Waals surface area contributed by atoms with E-state index < -0.39 is 17.5 Å². The summed E-state index contributed by atoms with van der Waals surface area (Å²) in [5.41, 5.74) is -0.816. The van der Waals surface area contributed by atoms with E-state index in [0.717, 1.165) is 0 Å². The molecule has 1 aliphatic carbocycles. The van der Waals surface area contributed by atoms with Crippen LogP contribution in [0.15, 0.2) is 12.1 Å². The first kappa shape index (κ1) is 15.6. The number of hydrogen-bond acceptors (Lipinski definition) is 6. The Kier molecular flexibility index (Phi) is 3.28. The van der Waals surface area contributed by atoms with E-state index in [9.17, 15) is 25.2 Å². The van der Waals surface area contributed by atoms with Crippen LogP contribution in [0.1, 0.15) is 28.4 Å². The minimum atomic E-state index is -1.63. The van der Waals surface area contributed by atoms with Gasteiger partial charge in [-0.1, -0.05) is 0 Å². The molecule has 122 valence electrons. The van der Waals surface area contributed by atoms with Gasteiger partial charge in [0.2, 0.25) is 0 Å². The fourth-order valence-corrected chi connectivity index (χ4v) is 3.19. The van der Waals surface area contributed by atoms with Crippen molar-refractivity contribution in [2.45, 2.75) is 32.0 Å². The quantitative estimate of drug-likeness (QED) is 0.633. The zero-order chi connectivity index (χ0) is 17.1. The Balaban J connectivity index is 2.40. The van der Waals surface area contributed by atoms with Gasteiger partial charge in [-0.2, -0.15) is 0 Å². The van der Waals surface area contributed by atoms with Gasteiger partial charge in [0.1, 0.15) is 23.4 Å². The lowest BCUT2D eigenvalue weighted by Gasteiger charge is -2.34. The van der Waals surface area contributed by atoms with Crippen molar-refractivity contribution in [2.24, 2.45) is 0 Å². The minimum absolute atomic E-state index is 0.00962. The maximum atomic E-state index is 12.3. The van der Waals surface area contributed by atoms with Gasteiger partial charge in [0.25, 0.3) is 0 Å². The third-order valence-corrected chi connectivity index (χ3v) is 4.51. The highest BCUT2D eigenvalue weighted by molar-refractivity contribution is 6.11. The van der Waals surface area contributed by atoms with Crippen molar-refractivity contribution in [1.82, 2.24) is 0 Å². The summed E-state index contributed by atoms with van der Waals surface area (Å²) < 4.78 is 5.20. The summed E-state index contributed by atoms with van der Waals surface area (Å²) in [5.74, 6) is -0.883. The number of methoxy groups -OCH3 is 1. The van der Waals surface area contributed by atoms with Crippen LogP contribution in [0.5, 0.6) is 17.2 Å². The predicted octanol–water partition coefficient (Wildman–Crippen LogP) is 1.42. The first-order chi connectivity index (χ1) is 10.7. The zero-order valence-corrected chi connectivity index (χ0v) is 13.0. The number of carbonyl (C=O) groups is 1. The third kappa shape index (κ3) is 2.06. The lowest BCUT2D eigenvalue weighted by atomic mass is 9.77. The number of phenolic OH excluding ortho intramolecular Hbond substituents is 2.